The summed E-state index contributed by atoms with van der Waals surface area (Å²) in [7, 11) is 0. The second kappa shape index (κ2) is 7.41. The molecule has 0 spiro atoms. The number of hydrogen-bond donors (Lipinski definition) is 0. The van der Waals surface area contributed by atoms with Gasteiger partial charge in [-0.3, -0.25) is 9.69 Å². The molecule has 20 heavy (non-hydrogen) atoms. The molecule has 0 atom stereocenters. The summed E-state index contributed by atoms with van der Waals surface area (Å²) >= 11 is 0. The molecule has 4 nitrogen and oxygen atoms in total. The molecule has 4 heteroatoms. The van der Waals surface area contributed by atoms with Crippen molar-refractivity contribution in [3.63, 3.8) is 0 Å². The molecule has 0 amide bonds. The summed E-state index contributed by atoms with van der Waals surface area (Å²) in [5, 5.41) is 0. The Hall–Kier alpha value is -1.39. The summed E-state index contributed by atoms with van der Waals surface area (Å²) < 4.78 is 11.1. The Balaban J connectivity index is 1.74. The molecule has 1 aliphatic rings. The Morgan fingerprint density at radius 1 is 1.35 bits per heavy atom. The molecule has 0 N–H and O–H groups in total. The largest absolute Gasteiger partial charge is 0.493 e. The van der Waals surface area contributed by atoms with Crippen LogP contribution in [0.3, 0.4) is 0 Å². The number of aryl methyl sites for hydroxylation is 1. The second-order valence-electron chi connectivity index (χ2n) is 5.19. The van der Waals surface area contributed by atoms with Crippen LogP contribution >= 0.6 is 0 Å². The SMILES string of the molecule is CC(=O)c1ccc(OCCCN2CCOCC2)c(C)c1. The maximum absolute atomic E-state index is 11.3. The van der Waals surface area contributed by atoms with Gasteiger partial charge < -0.3 is 9.47 Å². The lowest BCUT2D eigenvalue weighted by Gasteiger charge is -2.26. The number of morpholine rings is 1. The zero-order chi connectivity index (χ0) is 14.4. The number of Topliss-reactive ketones (excluding diaryl/α,β-unsaturated/α-hetero) is 1. The van der Waals surface area contributed by atoms with Crippen molar-refractivity contribution in [2.75, 3.05) is 39.5 Å². The van der Waals surface area contributed by atoms with Crippen molar-refractivity contribution in [1.29, 1.82) is 0 Å². The van der Waals surface area contributed by atoms with Crippen molar-refractivity contribution >= 4 is 5.78 Å². The zero-order valence-corrected chi connectivity index (χ0v) is 12.4. The van der Waals surface area contributed by atoms with Crippen LogP contribution in [0.15, 0.2) is 18.2 Å². The minimum atomic E-state index is 0.0898. The number of benzene rings is 1. The van der Waals surface area contributed by atoms with E-state index in [2.05, 4.69) is 4.90 Å². The van der Waals surface area contributed by atoms with E-state index in [9.17, 15) is 4.79 Å². The monoisotopic (exact) mass is 277 g/mol. The number of carbonyl (C=O) groups is 1. The van der Waals surface area contributed by atoms with Gasteiger partial charge in [-0.05, 0) is 44.0 Å². The molecule has 1 aromatic rings. The van der Waals surface area contributed by atoms with E-state index in [4.69, 9.17) is 9.47 Å². The number of carbonyl (C=O) groups excluding carboxylic acids is 1. The Labute approximate surface area is 120 Å². The van der Waals surface area contributed by atoms with Crippen LogP contribution in [0.2, 0.25) is 0 Å². The number of ether oxygens (including phenoxy) is 2. The van der Waals surface area contributed by atoms with Crippen molar-refractivity contribution in [2.24, 2.45) is 0 Å². The van der Waals surface area contributed by atoms with Crippen LogP contribution in [-0.4, -0.2) is 50.1 Å². The Morgan fingerprint density at radius 2 is 2.10 bits per heavy atom. The van der Waals surface area contributed by atoms with E-state index in [0.29, 0.717) is 6.61 Å². The van der Waals surface area contributed by atoms with E-state index in [1.807, 2.05) is 25.1 Å². The molecule has 2 rings (SSSR count). The van der Waals surface area contributed by atoms with Gasteiger partial charge in [-0.1, -0.05) is 0 Å². The number of nitrogens with zero attached hydrogens (tertiary/aromatic N) is 1. The second-order valence-corrected chi connectivity index (χ2v) is 5.19. The van der Waals surface area contributed by atoms with Crippen LogP contribution in [0.1, 0.15) is 29.3 Å². The number of hydrogen-bond acceptors (Lipinski definition) is 4. The van der Waals surface area contributed by atoms with E-state index in [1.54, 1.807) is 6.92 Å². The van der Waals surface area contributed by atoms with Gasteiger partial charge in [0.1, 0.15) is 5.75 Å². The van der Waals surface area contributed by atoms with E-state index in [-0.39, 0.29) is 5.78 Å². The predicted octanol–water partition coefficient (Wildman–Crippen LogP) is 2.30. The highest BCUT2D eigenvalue weighted by Gasteiger charge is 2.09. The van der Waals surface area contributed by atoms with Crippen molar-refractivity contribution in [2.45, 2.75) is 20.3 Å². The first-order valence-electron chi connectivity index (χ1n) is 7.21. The number of ketones is 1. The maximum atomic E-state index is 11.3. The average Bonchev–Trinajstić information content (AvgIpc) is 2.46. The average molecular weight is 277 g/mol. The Bertz CT molecular complexity index is 453. The molecule has 1 aromatic carbocycles. The van der Waals surface area contributed by atoms with Crippen molar-refractivity contribution < 1.29 is 14.3 Å². The summed E-state index contributed by atoms with van der Waals surface area (Å²) in [5.74, 6) is 0.962. The zero-order valence-electron chi connectivity index (χ0n) is 12.4. The molecule has 0 bridgehead atoms. The highest BCUT2D eigenvalue weighted by Crippen LogP contribution is 2.19. The lowest BCUT2D eigenvalue weighted by molar-refractivity contribution is 0.0358. The third kappa shape index (κ3) is 4.32. The molecule has 0 radical (unpaired) electrons. The molecule has 1 saturated heterocycles. The first-order chi connectivity index (χ1) is 9.66. The van der Waals surface area contributed by atoms with Gasteiger partial charge in [0, 0.05) is 25.2 Å². The van der Waals surface area contributed by atoms with Gasteiger partial charge >= 0.3 is 0 Å². The van der Waals surface area contributed by atoms with Crippen LogP contribution in [0, 0.1) is 6.92 Å². The van der Waals surface area contributed by atoms with Gasteiger partial charge in [-0.2, -0.15) is 0 Å². The van der Waals surface area contributed by atoms with Crippen LogP contribution in [-0.2, 0) is 4.74 Å². The normalized spacial score (nSPS) is 16.1. The van der Waals surface area contributed by atoms with E-state index < -0.39 is 0 Å². The van der Waals surface area contributed by atoms with Crippen LogP contribution in [0.4, 0.5) is 0 Å². The van der Waals surface area contributed by atoms with Crippen LogP contribution in [0.5, 0.6) is 5.75 Å². The molecule has 0 aliphatic carbocycles. The molecular formula is C16H23NO3. The van der Waals surface area contributed by atoms with Gasteiger partial charge in [0.25, 0.3) is 0 Å². The van der Waals surface area contributed by atoms with Crippen LogP contribution < -0.4 is 4.74 Å². The maximum Gasteiger partial charge on any atom is 0.159 e. The molecular weight excluding hydrogens is 254 g/mol. The Morgan fingerprint density at radius 3 is 2.75 bits per heavy atom. The molecule has 0 aromatic heterocycles. The quantitative estimate of drug-likeness (QED) is 0.591. The number of rotatable bonds is 6. The Kier molecular flexibility index (Phi) is 5.56. The summed E-state index contributed by atoms with van der Waals surface area (Å²) in [6.07, 6.45) is 1.01. The van der Waals surface area contributed by atoms with E-state index >= 15 is 0 Å². The summed E-state index contributed by atoms with van der Waals surface area (Å²) in [6.45, 7) is 9.03. The summed E-state index contributed by atoms with van der Waals surface area (Å²) in [6, 6.07) is 5.60. The van der Waals surface area contributed by atoms with Gasteiger partial charge in [-0.25, -0.2) is 0 Å². The smallest absolute Gasteiger partial charge is 0.159 e. The fourth-order valence-electron chi connectivity index (χ4n) is 2.33. The third-order valence-electron chi connectivity index (χ3n) is 3.56. The van der Waals surface area contributed by atoms with Gasteiger partial charge in [0.05, 0.1) is 19.8 Å². The minimum absolute atomic E-state index is 0.0898. The van der Waals surface area contributed by atoms with E-state index in [1.165, 1.54) is 0 Å². The molecule has 1 fully saturated rings. The third-order valence-corrected chi connectivity index (χ3v) is 3.56. The van der Waals surface area contributed by atoms with Crippen molar-refractivity contribution in [3.8, 4) is 5.75 Å². The highest BCUT2D eigenvalue weighted by atomic mass is 16.5. The molecule has 1 heterocycles. The fourth-order valence-corrected chi connectivity index (χ4v) is 2.33. The molecule has 110 valence electrons. The topological polar surface area (TPSA) is 38.8 Å². The van der Waals surface area contributed by atoms with Gasteiger partial charge in [0.15, 0.2) is 5.78 Å². The van der Waals surface area contributed by atoms with Gasteiger partial charge in [0.2, 0.25) is 0 Å². The van der Waals surface area contributed by atoms with Gasteiger partial charge in [-0.15, -0.1) is 0 Å². The van der Waals surface area contributed by atoms with Crippen molar-refractivity contribution in [3.05, 3.63) is 29.3 Å². The van der Waals surface area contributed by atoms with Crippen molar-refractivity contribution in [1.82, 2.24) is 4.90 Å². The molecule has 1 aliphatic heterocycles. The summed E-state index contributed by atoms with van der Waals surface area (Å²) in [5.41, 5.74) is 1.76. The fraction of sp³-hybridized carbons (Fsp3) is 0.562. The predicted molar refractivity (Wildman–Crippen MR) is 78.6 cm³/mol. The first-order valence-corrected chi connectivity index (χ1v) is 7.21. The summed E-state index contributed by atoms with van der Waals surface area (Å²) in [4.78, 5) is 13.7. The lowest BCUT2D eigenvalue weighted by Crippen LogP contribution is -2.37. The standard InChI is InChI=1S/C16H23NO3/c1-13-12-15(14(2)18)4-5-16(13)20-9-3-6-17-7-10-19-11-8-17/h4-5,12H,3,6-11H2,1-2H3. The first kappa shape index (κ1) is 15.0. The molecule has 0 saturated carbocycles. The minimum Gasteiger partial charge on any atom is -0.493 e. The van der Waals surface area contributed by atoms with E-state index in [0.717, 1.165) is 56.1 Å². The van der Waals surface area contributed by atoms with Crippen LogP contribution in [0.25, 0.3) is 0 Å². The molecule has 0 unspecified atom stereocenters. The highest BCUT2D eigenvalue weighted by molar-refractivity contribution is 5.94. The lowest BCUT2D eigenvalue weighted by atomic mass is 10.1.